The molecule has 0 spiro atoms. The number of halogens is 1. The molecule has 0 aliphatic rings. The van der Waals surface area contributed by atoms with Crippen LogP contribution >= 0.6 is 17.0 Å². The molecule has 0 rings (SSSR count). The molecule has 0 saturated carbocycles. The first-order valence-electron chi connectivity index (χ1n) is 9.88. The fourth-order valence-corrected chi connectivity index (χ4v) is 3.23. The van der Waals surface area contributed by atoms with E-state index in [1.807, 2.05) is 0 Å². The van der Waals surface area contributed by atoms with Crippen LogP contribution < -0.4 is 0 Å². The highest BCUT2D eigenvalue weighted by Crippen LogP contribution is 2.14. The van der Waals surface area contributed by atoms with Gasteiger partial charge in [0, 0.05) is 6.04 Å². The molecule has 0 bridgehead atoms. The maximum atomic E-state index is 2.39. The first-order chi connectivity index (χ1) is 10.2. The van der Waals surface area contributed by atoms with Gasteiger partial charge < -0.3 is 4.90 Å². The van der Waals surface area contributed by atoms with Crippen molar-refractivity contribution in [3.05, 3.63) is 0 Å². The fraction of sp³-hybridized carbons (Fsp3) is 1.00. The van der Waals surface area contributed by atoms with Crippen LogP contribution in [0.2, 0.25) is 0 Å². The molecule has 136 valence electrons. The predicted molar refractivity (Wildman–Crippen MR) is 108 cm³/mol. The minimum atomic E-state index is 0. The Labute approximate surface area is 152 Å². The van der Waals surface area contributed by atoms with Crippen LogP contribution in [0.15, 0.2) is 0 Å². The van der Waals surface area contributed by atoms with E-state index >= 15 is 0 Å². The molecule has 0 aliphatic carbocycles. The van der Waals surface area contributed by atoms with E-state index in [-0.39, 0.29) is 17.0 Å². The van der Waals surface area contributed by atoms with Crippen molar-refractivity contribution in [1.82, 2.24) is 4.90 Å². The van der Waals surface area contributed by atoms with E-state index in [4.69, 9.17) is 0 Å². The van der Waals surface area contributed by atoms with Crippen molar-refractivity contribution in [3.63, 3.8) is 0 Å². The average molecular weight is 378 g/mol. The van der Waals surface area contributed by atoms with Gasteiger partial charge in [-0.05, 0) is 26.9 Å². The topological polar surface area (TPSA) is 3.24 Å². The maximum absolute atomic E-state index is 2.39. The number of unbranched alkanes of at least 4 members (excludes halogenated alkanes) is 12. The molecule has 0 aliphatic heterocycles. The molecule has 1 atom stereocenters. The van der Waals surface area contributed by atoms with Gasteiger partial charge in [-0.15, -0.1) is 17.0 Å². The molecule has 0 N–H and O–H groups in total. The Balaban J connectivity index is 0. The second-order valence-corrected chi connectivity index (χ2v) is 7.06. The molecule has 1 nitrogen and oxygen atoms in total. The van der Waals surface area contributed by atoms with E-state index in [2.05, 4.69) is 32.8 Å². The van der Waals surface area contributed by atoms with Crippen LogP contribution in [-0.2, 0) is 0 Å². The zero-order valence-electron chi connectivity index (χ0n) is 16.0. The number of rotatable bonds is 16. The highest BCUT2D eigenvalue weighted by Gasteiger charge is 2.07. The molecule has 0 saturated heterocycles. The monoisotopic (exact) mass is 377 g/mol. The summed E-state index contributed by atoms with van der Waals surface area (Å²) in [4.78, 5) is 2.39. The van der Waals surface area contributed by atoms with Gasteiger partial charge in [0.1, 0.15) is 0 Å². The van der Waals surface area contributed by atoms with Crippen molar-refractivity contribution in [2.24, 2.45) is 0 Å². The fourth-order valence-electron chi connectivity index (χ4n) is 3.23. The first kappa shape index (κ1) is 24.7. The largest absolute Gasteiger partial charge is 0.306 e. The summed E-state index contributed by atoms with van der Waals surface area (Å²) in [7, 11) is 4.44. The Hall–Kier alpha value is 0.440. The predicted octanol–water partition coefficient (Wildman–Crippen LogP) is 7.39. The Morgan fingerprint density at radius 3 is 1.27 bits per heavy atom. The molecule has 0 aromatic heterocycles. The van der Waals surface area contributed by atoms with Crippen LogP contribution in [0.4, 0.5) is 0 Å². The summed E-state index contributed by atoms with van der Waals surface area (Å²) >= 11 is 0. The Morgan fingerprint density at radius 2 is 0.955 bits per heavy atom. The number of hydrogen-bond acceptors (Lipinski definition) is 1. The van der Waals surface area contributed by atoms with E-state index in [1.54, 1.807) is 0 Å². The molecule has 0 radical (unpaired) electrons. The van der Waals surface area contributed by atoms with Gasteiger partial charge in [0.15, 0.2) is 0 Å². The lowest BCUT2D eigenvalue weighted by Crippen LogP contribution is -2.26. The molecular weight excluding hydrogens is 334 g/mol. The normalized spacial score (nSPS) is 12.4. The van der Waals surface area contributed by atoms with E-state index in [0.29, 0.717) is 0 Å². The van der Waals surface area contributed by atoms with Gasteiger partial charge in [0.05, 0.1) is 0 Å². The van der Waals surface area contributed by atoms with Gasteiger partial charge in [-0.3, -0.25) is 0 Å². The molecule has 0 heterocycles. The van der Waals surface area contributed by atoms with Crippen LogP contribution in [0.5, 0.6) is 0 Å². The summed E-state index contributed by atoms with van der Waals surface area (Å²) in [5.41, 5.74) is 0. The van der Waals surface area contributed by atoms with Gasteiger partial charge in [0.25, 0.3) is 0 Å². The van der Waals surface area contributed by atoms with Crippen LogP contribution in [0.3, 0.4) is 0 Å². The van der Waals surface area contributed by atoms with Crippen LogP contribution in [-0.4, -0.2) is 25.0 Å². The lowest BCUT2D eigenvalue weighted by molar-refractivity contribution is 0.264. The number of nitrogens with zero attached hydrogens (tertiary/aromatic N) is 1. The Kier molecular flexibility index (Phi) is 21.9. The Bertz CT molecular complexity index is 194. The van der Waals surface area contributed by atoms with E-state index in [1.165, 1.54) is 96.3 Å². The van der Waals surface area contributed by atoms with Gasteiger partial charge in [-0.1, -0.05) is 97.3 Å². The van der Waals surface area contributed by atoms with Crippen LogP contribution in [0.25, 0.3) is 0 Å². The van der Waals surface area contributed by atoms with Crippen LogP contribution in [0.1, 0.15) is 110 Å². The SMILES string of the molecule is Br.CCCCCCCCCCCCCCCC(CC)N(C)C. The minimum absolute atomic E-state index is 0. The van der Waals surface area contributed by atoms with E-state index < -0.39 is 0 Å². The molecular formula is C20H44BrN. The zero-order valence-corrected chi connectivity index (χ0v) is 17.8. The van der Waals surface area contributed by atoms with E-state index in [9.17, 15) is 0 Å². The second-order valence-electron chi connectivity index (χ2n) is 7.06. The van der Waals surface area contributed by atoms with Crippen molar-refractivity contribution in [1.29, 1.82) is 0 Å². The van der Waals surface area contributed by atoms with Crippen molar-refractivity contribution < 1.29 is 0 Å². The van der Waals surface area contributed by atoms with Gasteiger partial charge >= 0.3 is 0 Å². The highest BCUT2D eigenvalue weighted by molar-refractivity contribution is 8.93. The van der Waals surface area contributed by atoms with Gasteiger partial charge in [0.2, 0.25) is 0 Å². The molecule has 0 amide bonds. The summed E-state index contributed by atoms with van der Waals surface area (Å²) in [5.74, 6) is 0. The van der Waals surface area contributed by atoms with Crippen molar-refractivity contribution >= 4 is 17.0 Å². The third-order valence-corrected chi connectivity index (χ3v) is 4.84. The summed E-state index contributed by atoms with van der Waals surface area (Å²) in [5, 5.41) is 0. The van der Waals surface area contributed by atoms with Crippen molar-refractivity contribution in [2.75, 3.05) is 14.1 Å². The van der Waals surface area contributed by atoms with Gasteiger partial charge in [-0.2, -0.15) is 0 Å². The maximum Gasteiger partial charge on any atom is 0.00865 e. The minimum Gasteiger partial charge on any atom is -0.306 e. The Morgan fingerprint density at radius 1 is 0.591 bits per heavy atom. The third kappa shape index (κ3) is 16.8. The third-order valence-electron chi connectivity index (χ3n) is 4.84. The quantitative estimate of drug-likeness (QED) is 0.253. The molecule has 0 aromatic rings. The van der Waals surface area contributed by atoms with Crippen molar-refractivity contribution in [3.8, 4) is 0 Å². The van der Waals surface area contributed by atoms with E-state index in [0.717, 1.165) is 6.04 Å². The molecule has 2 heteroatoms. The lowest BCUT2D eigenvalue weighted by Gasteiger charge is -2.22. The summed E-state index contributed by atoms with van der Waals surface area (Å²) in [6.45, 7) is 4.61. The molecule has 0 aromatic carbocycles. The zero-order chi connectivity index (χ0) is 15.8. The van der Waals surface area contributed by atoms with Crippen LogP contribution in [0, 0.1) is 0 Å². The summed E-state index contributed by atoms with van der Waals surface area (Å²) < 4.78 is 0. The summed E-state index contributed by atoms with van der Waals surface area (Å²) in [6.07, 6.45) is 21.6. The molecule has 1 unspecified atom stereocenters. The second kappa shape index (κ2) is 19.5. The molecule has 22 heavy (non-hydrogen) atoms. The average Bonchev–Trinajstić information content (AvgIpc) is 2.47. The highest BCUT2D eigenvalue weighted by atomic mass is 79.9. The van der Waals surface area contributed by atoms with Crippen molar-refractivity contribution in [2.45, 2.75) is 116 Å². The standard InChI is InChI=1S/C20H43N.BrH/c1-5-7-8-9-10-11-12-13-14-15-16-17-18-19-20(6-2)21(3)4;/h20H,5-19H2,1-4H3;1H. The molecule has 0 fully saturated rings. The number of hydrogen-bond donors (Lipinski definition) is 0. The smallest absolute Gasteiger partial charge is 0.00865 e. The van der Waals surface area contributed by atoms with Gasteiger partial charge in [-0.25, -0.2) is 0 Å². The lowest BCUT2D eigenvalue weighted by atomic mass is 10.0. The summed E-state index contributed by atoms with van der Waals surface area (Å²) in [6, 6.07) is 0.803. The first-order valence-corrected chi connectivity index (χ1v) is 9.88.